The molecule has 0 aromatic heterocycles. The van der Waals surface area contributed by atoms with E-state index in [0.29, 0.717) is 5.41 Å². The topological polar surface area (TPSA) is 6.48 Å². The molecule has 4 aliphatic carbocycles. The first-order chi connectivity index (χ1) is 12.1. The van der Waals surface area contributed by atoms with Crippen LogP contribution in [0.15, 0.2) is 11.6 Å². The van der Waals surface area contributed by atoms with E-state index in [4.69, 9.17) is 0 Å². The summed E-state index contributed by atoms with van der Waals surface area (Å²) in [7, 11) is 0. The first-order valence-electron chi connectivity index (χ1n) is 11.3. The summed E-state index contributed by atoms with van der Waals surface area (Å²) in [6.45, 7) is 10.4. The molecule has 2 heterocycles. The lowest BCUT2D eigenvalue weighted by molar-refractivity contribution is -0.0268. The summed E-state index contributed by atoms with van der Waals surface area (Å²) in [5.41, 5.74) is 2.40. The van der Waals surface area contributed by atoms with Gasteiger partial charge in [0, 0.05) is 31.7 Å². The molecule has 25 heavy (non-hydrogen) atoms. The van der Waals surface area contributed by atoms with E-state index in [9.17, 15) is 0 Å². The average Bonchev–Trinajstić information content (AvgIpc) is 3.11. The molecule has 6 rings (SSSR count). The van der Waals surface area contributed by atoms with Crippen molar-refractivity contribution in [2.24, 2.45) is 23.2 Å². The van der Waals surface area contributed by atoms with Crippen LogP contribution in [0.25, 0.3) is 0 Å². The van der Waals surface area contributed by atoms with Crippen LogP contribution in [0.2, 0.25) is 0 Å². The molecule has 0 unspecified atom stereocenters. The van der Waals surface area contributed by atoms with E-state index in [-0.39, 0.29) is 0 Å². The maximum absolute atomic E-state index is 2.98. The van der Waals surface area contributed by atoms with E-state index >= 15 is 0 Å². The standard InChI is InChI=1S/C23H38N2/c1-23(2)19-11-10-18(20(23)15-19)16-25-14-13-24-12-6-9-21(24)22(25)17-7-4-3-5-8-17/h10,17,19-22H,3-9,11-16H2,1-2H3/t19-,20-,21+,22-/m0/s1. The van der Waals surface area contributed by atoms with Crippen molar-refractivity contribution in [1.82, 2.24) is 9.80 Å². The molecule has 0 radical (unpaired) electrons. The van der Waals surface area contributed by atoms with Gasteiger partial charge in [-0.1, -0.05) is 44.8 Å². The van der Waals surface area contributed by atoms with Crippen molar-refractivity contribution in [3.05, 3.63) is 11.6 Å². The molecular weight excluding hydrogens is 304 g/mol. The Labute approximate surface area is 155 Å². The fraction of sp³-hybridized carbons (Fsp3) is 0.913. The third-order valence-corrected chi connectivity index (χ3v) is 9.01. The third kappa shape index (κ3) is 2.74. The van der Waals surface area contributed by atoms with Gasteiger partial charge in [0.05, 0.1) is 0 Å². The Bertz CT molecular complexity index is 530. The molecule has 0 spiro atoms. The lowest BCUT2D eigenvalue weighted by atomic mass is 9.49. The second-order valence-electron chi connectivity index (χ2n) is 10.4. The molecule has 2 saturated heterocycles. The molecule has 4 fully saturated rings. The lowest BCUT2D eigenvalue weighted by Crippen LogP contribution is -2.61. The Morgan fingerprint density at radius 3 is 2.60 bits per heavy atom. The van der Waals surface area contributed by atoms with Crippen molar-refractivity contribution < 1.29 is 0 Å². The summed E-state index contributed by atoms with van der Waals surface area (Å²) < 4.78 is 0. The van der Waals surface area contributed by atoms with Crippen LogP contribution in [0.3, 0.4) is 0 Å². The Kier molecular flexibility index (Phi) is 4.28. The number of fused-ring (bicyclic) bond motifs is 2. The van der Waals surface area contributed by atoms with Gasteiger partial charge in [0.2, 0.25) is 0 Å². The van der Waals surface area contributed by atoms with Crippen molar-refractivity contribution in [2.75, 3.05) is 26.2 Å². The van der Waals surface area contributed by atoms with Gasteiger partial charge >= 0.3 is 0 Å². The predicted molar refractivity (Wildman–Crippen MR) is 105 cm³/mol. The number of hydrogen-bond acceptors (Lipinski definition) is 2. The quantitative estimate of drug-likeness (QED) is 0.686. The summed E-state index contributed by atoms with van der Waals surface area (Å²) in [4.78, 5) is 5.83. The first kappa shape index (κ1) is 16.8. The zero-order valence-corrected chi connectivity index (χ0v) is 16.6. The molecule has 4 atom stereocenters. The van der Waals surface area contributed by atoms with Gasteiger partial charge in [0.15, 0.2) is 0 Å². The number of allylic oxidation sites excluding steroid dienone is 1. The van der Waals surface area contributed by atoms with Crippen molar-refractivity contribution in [2.45, 2.75) is 83.7 Å². The molecule has 0 aromatic rings. The first-order valence-corrected chi connectivity index (χ1v) is 11.3. The van der Waals surface area contributed by atoms with Crippen LogP contribution in [0.5, 0.6) is 0 Å². The van der Waals surface area contributed by atoms with Crippen LogP contribution in [0.4, 0.5) is 0 Å². The Morgan fingerprint density at radius 2 is 1.84 bits per heavy atom. The highest BCUT2D eigenvalue weighted by Crippen LogP contribution is 2.59. The van der Waals surface area contributed by atoms with Gasteiger partial charge in [-0.15, -0.1) is 0 Å². The van der Waals surface area contributed by atoms with Crippen LogP contribution < -0.4 is 0 Å². The van der Waals surface area contributed by atoms with E-state index < -0.39 is 0 Å². The summed E-state index contributed by atoms with van der Waals surface area (Å²) >= 11 is 0. The fourth-order valence-electron chi connectivity index (χ4n) is 7.33. The SMILES string of the molecule is CC1(C)[C@H]2CC=C(CN3CCN4CCC[C@@H]4[C@@H]3C3CCCCC3)[C@@H]1C2. The van der Waals surface area contributed by atoms with Crippen LogP contribution in [0.1, 0.15) is 71.6 Å². The lowest BCUT2D eigenvalue weighted by Gasteiger charge is -2.58. The second-order valence-corrected chi connectivity index (χ2v) is 10.4. The van der Waals surface area contributed by atoms with Crippen molar-refractivity contribution in [1.29, 1.82) is 0 Å². The van der Waals surface area contributed by atoms with Gasteiger partial charge in [-0.3, -0.25) is 9.80 Å². The molecule has 140 valence electrons. The highest BCUT2D eigenvalue weighted by molar-refractivity contribution is 5.25. The zero-order chi connectivity index (χ0) is 17.0. The largest absolute Gasteiger partial charge is 0.298 e. The van der Waals surface area contributed by atoms with Crippen molar-refractivity contribution in [3.8, 4) is 0 Å². The second kappa shape index (κ2) is 6.37. The monoisotopic (exact) mass is 342 g/mol. The number of piperazine rings is 1. The molecule has 6 aliphatic rings. The van der Waals surface area contributed by atoms with Crippen LogP contribution in [-0.4, -0.2) is 48.1 Å². The highest BCUT2D eigenvalue weighted by atomic mass is 15.3. The van der Waals surface area contributed by atoms with E-state index in [1.807, 2.05) is 5.57 Å². The minimum atomic E-state index is 0.583. The van der Waals surface area contributed by atoms with Crippen LogP contribution in [0, 0.1) is 23.2 Å². The van der Waals surface area contributed by atoms with Gasteiger partial charge in [-0.25, -0.2) is 0 Å². The summed E-state index contributed by atoms with van der Waals surface area (Å²) in [6.07, 6.45) is 15.9. The smallest absolute Gasteiger partial charge is 0.0283 e. The zero-order valence-electron chi connectivity index (χ0n) is 16.6. The summed E-state index contributed by atoms with van der Waals surface area (Å²) in [6, 6.07) is 1.74. The molecule has 2 saturated carbocycles. The van der Waals surface area contributed by atoms with E-state index in [1.54, 1.807) is 0 Å². The van der Waals surface area contributed by atoms with Gasteiger partial charge < -0.3 is 0 Å². The summed E-state index contributed by atoms with van der Waals surface area (Å²) in [5.74, 6) is 2.84. The Morgan fingerprint density at radius 1 is 1.00 bits per heavy atom. The number of hydrogen-bond donors (Lipinski definition) is 0. The molecule has 2 nitrogen and oxygen atoms in total. The molecule has 0 N–H and O–H groups in total. The Balaban J connectivity index is 1.36. The van der Waals surface area contributed by atoms with E-state index in [1.165, 1.54) is 84.0 Å². The number of nitrogens with zero attached hydrogens (tertiary/aromatic N) is 2. The third-order valence-electron chi connectivity index (χ3n) is 9.01. The average molecular weight is 343 g/mol. The maximum atomic E-state index is 2.98. The minimum absolute atomic E-state index is 0.583. The maximum Gasteiger partial charge on any atom is 0.0283 e. The van der Waals surface area contributed by atoms with Gasteiger partial charge in [-0.2, -0.15) is 0 Å². The van der Waals surface area contributed by atoms with E-state index in [2.05, 4.69) is 29.7 Å². The molecule has 0 amide bonds. The van der Waals surface area contributed by atoms with Crippen LogP contribution >= 0.6 is 0 Å². The summed E-state index contributed by atoms with van der Waals surface area (Å²) in [5, 5.41) is 0. The molecule has 0 aromatic carbocycles. The van der Waals surface area contributed by atoms with Crippen molar-refractivity contribution >= 4 is 0 Å². The van der Waals surface area contributed by atoms with Gasteiger partial charge in [0.25, 0.3) is 0 Å². The van der Waals surface area contributed by atoms with Crippen molar-refractivity contribution in [3.63, 3.8) is 0 Å². The molecule has 2 heteroatoms. The van der Waals surface area contributed by atoms with Gasteiger partial charge in [0.1, 0.15) is 0 Å². The predicted octanol–water partition coefficient (Wildman–Crippen LogP) is 4.71. The fourth-order valence-corrected chi connectivity index (χ4v) is 7.33. The molecule has 2 bridgehead atoms. The van der Waals surface area contributed by atoms with Gasteiger partial charge in [-0.05, 0) is 68.2 Å². The normalized spacial score (nSPS) is 41.9. The Hall–Kier alpha value is -0.340. The van der Waals surface area contributed by atoms with E-state index in [0.717, 1.165) is 29.8 Å². The van der Waals surface area contributed by atoms with Crippen LogP contribution in [-0.2, 0) is 0 Å². The molecule has 2 aliphatic heterocycles. The minimum Gasteiger partial charge on any atom is -0.298 e. The highest BCUT2D eigenvalue weighted by Gasteiger charge is 2.52. The molecular formula is C23H38N2. The number of rotatable bonds is 3.